The standard InChI is InChI=1S/C17H28N2OS/c1-13(2)11-16-18-15(12-21-16)17(20)19(3)14-9-7-5-4-6-8-10-14/h12-14H,4-11H2,1-3H3. The molecule has 3 nitrogen and oxygen atoms in total. The molecule has 1 aromatic heterocycles. The zero-order valence-corrected chi connectivity index (χ0v) is 14.4. The number of hydrogen-bond acceptors (Lipinski definition) is 3. The van der Waals surface area contributed by atoms with Gasteiger partial charge in [-0.3, -0.25) is 4.79 Å². The first kappa shape index (κ1) is 16.5. The quantitative estimate of drug-likeness (QED) is 0.819. The third kappa shape index (κ3) is 4.80. The summed E-state index contributed by atoms with van der Waals surface area (Å²) in [5, 5.41) is 3.01. The van der Waals surface area contributed by atoms with Gasteiger partial charge in [-0.2, -0.15) is 0 Å². The molecule has 0 atom stereocenters. The van der Waals surface area contributed by atoms with E-state index in [0.717, 1.165) is 24.3 Å². The van der Waals surface area contributed by atoms with E-state index in [4.69, 9.17) is 0 Å². The van der Waals surface area contributed by atoms with E-state index >= 15 is 0 Å². The van der Waals surface area contributed by atoms with Crippen molar-refractivity contribution in [2.45, 2.75) is 71.3 Å². The van der Waals surface area contributed by atoms with Crippen LogP contribution in [0.15, 0.2) is 5.38 Å². The van der Waals surface area contributed by atoms with Crippen molar-refractivity contribution in [1.29, 1.82) is 0 Å². The summed E-state index contributed by atoms with van der Waals surface area (Å²) < 4.78 is 0. The van der Waals surface area contributed by atoms with E-state index in [1.54, 1.807) is 11.3 Å². The van der Waals surface area contributed by atoms with Crippen molar-refractivity contribution in [3.05, 3.63) is 16.1 Å². The van der Waals surface area contributed by atoms with Crippen LogP contribution in [0.3, 0.4) is 0 Å². The summed E-state index contributed by atoms with van der Waals surface area (Å²) in [5.74, 6) is 0.689. The molecule has 0 aromatic carbocycles. The molecule has 0 unspecified atom stereocenters. The Bertz CT molecular complexity index is 447. The first-order chi connectivity index (χ1) is 10.1. The van der Waals surface area contributed by atoms with Crippen molar-refractivity contribution < 1.29 is 4.79 Å². The maximum atomic E-state index is 12.6. The van der Waals surface area contributed by atoms with Crippen LogP contribution in [0.1, 0.15) is 74.3 Å². The van der Waals surface area contributed by atoms with Crippen molar-refractivity contribution in [2.24, 2.45) is 5.92 Å². The number of carbonyl (C=O) groups is 1. The van der Waals surface area contributed by atoms with E-state index in [-0.39, 0.29) is 5.91 Å². The minimum atomic E-state index is 0.104. The molecule has 0 saturated heterocycles. The third-order valence-electron chi connectivity index (χ3n) is 4.30. The number of hydrogen-bond donors (Lipinski definition) is 0. The minimum absolute atomic E-state index is 0.104. The molecule has 1 heterocycles. The van der Waals surface area contributed by atoms with Crippen LogP contribution in [0.5, 0.6) is 0 Å². The molecule has 21 heavy (non-hydrogen) atoms. The van der Waals surface area contributed by atoms with Gasteiger partial charge in [-0.25, -0.2) is 4.98 Å². The summed E-state index contributed by atoms with van der Waals surface area (Å²) in [6.45, 7) is 4.37. The van der Waals surface area contributed by atoms with E-state index in [1.165, 1.54) is 32.1 Å². The average molecular weight is 308 g/mol. The normalized spacial score (nSPS) is 17.5. The number of thiazole rings is 1. The average Bonchev–Trinajstić information content (AvgIpc) is 2.84. The number of rotatable bonds is 4. The molecule has 0 bridgehead atoms. The summed E-state index contributed by atoms with van der Waals surface area (Å²) in [5.41, 5.74) is 0.639. The Hall–Kier alpha value is -0.900. The molecule has 118 valence electrons. The lowest BCUT2D eigenvalue weighted by molar-refractivity contribution is 0.0701. The predicted octanol–water partition coefficient (Wildman–Crippen LogP) is 4.53. The molecule has 1 aliphatic carbocycles. The van der Waals surface area contributed by atoms with Gasteiger partial charge in [0.2, 0.25) is 0 Å². The summed E-state index contributed by atoms with van der Waals surface area (Å²) in [6.07, 6.45) is 9.73. The molecule has 1 aromatic rings. The molecule has 1 amide bonds. The van der Waals surface area contributed by atoms with Gasteiger partial charge in [-0.15, -0.1) is 11.3 Å². The van der Waals surface area contributed by atoms with Crippen molar-refractivity contribution in [2.75, 3.05) is 7.05 Å². The highest BCUT2D eigenvalue weighted by Crippen LogP contribution is 2.22. The van der Waals surface area contributed by atoms with Crippen LogP contribution in [-0.4, -0.2) is 28.9 Å². The van der Waals surface area contributed by atoms with E-state index in [9.17, 15) is 4.79 Å². The van der Waals surface area contributed by atoms with Crippen molar-refractivity contribution in [3.8, 4) is 0 Å². The van der Waals surface area contributed by atoms with Gasteiger partial charge in [-0.1, -0.05) is 46.0 Å². The Morgan fingerprint density at radius 1 is 1.29 bits per heavy atom. The highest BCUT2D eigenvalue weighted by atomic mass is 32.1. The fraction of sp³-hybridized carbons (Fsp3) is 0.765. The Labute approximate surface area is 132 Å². The van der Waals surface area contributed by atoms with Crippen LogP contribution in [-0.2, 0) is 6.42 Å². The molecule has 0 N–H and O–H groups in total. The van der Waals surface area contributed by atoms with Crippen LogP contribution in [0.25, 0.3) is 0 Å². The molecule has 0 spiro atoms. The zero-order valence-electron chi connectivity index (χ0n) is 13.6. The third-order valence-corrected chi connectivity index (χ3v) is 5.17. The number of nitrogens with zero attached hydrogens (tertiary/aromatic N) is 2. The lowest BCUT2D eigenvalue weighted by atomic mass is 9.96. The monoisotopic (exact) mass is 308 g/mol. The highest BCUT2D eigenvalue weighted by Gasteiger charge is 2.23. The van der Waals surface area contributed by atoms with Crippen molar-refractivity contribution >= 4 is 17.2 Å². The lowest BCUT2D eigenvalue weighted by Gasteiger charge is -2.29. The molecule has 2 rings (SSSR count). The first-order valence-electron chi connectivity index (χ1n) is 8.29. The lowest BCUT2D eigenvalue weighted by Crippen LogP contribution is -2.37. The Morgan fingerprint density at radius 3 is 2.52 bits per heavy atom. The second-order valence-corrected chi connectivity index (χ2v) is 7.58. The van der Waals surface area contributed by atoms with Gasteiger partial charge < -0.3 is 4.90 Å². The largest absolute Gasteiger partial charge is 0.337 e. The molecule has 0 aliphatic heterocycles. The van der Waals surface area contributed by atoms with Crippen LogP contribution in [0, 0.1) is 5.92 Å². The molecule has 0 radical (unpaired) electrons. The van der Waals surface area contributed by atoms with E-state index in [2.05, 4.69) is 18.8 Å². The highest BCUT2D eigenvalue weighted by molar-refractivity contribution is 7.09. The SMILES string of the molecule is CC(C)Cc1nc(C(=O)N(C)C2CCCCCCC2)cs1. The molecular weight excluding hydrogens is 280 g/mol. The van der Waals surface area contributed by atoms with Gasteiger partial charge in [0, 0.05) is 24.9 Å². The summed E-state index contributed by atoms with van der Waals surface area (Å²) in [4.78, 5) is 19.1. The molecule has 1 saturated carbocycles. The maximum absolute atomic E-state index is 12.6. The molecule has 1 aliphatic rings. The van der Waals surface area contributed by atoms with Crippen molar-refractivity contribution in [1.82, 2.24) is 9.88 Å². The van der Waals surface area contributed by atoms with E-state index < -0.39 is 0 Å². The summed E-state index contributed by atoms with van der Waals surface area (Å²) in [6, 6.07) is 0.396. The maximum Gasteiger partial charge on any atom is 0.273 e. The number of aromatic nitrogens is 1. The van der Waals surface area contributed by atoms with Gasteiger partial charge in [0.25, 0.3) is 5.91 Å². The second-order valence-electron chi connectivity index (χ2n) is 6.64. The predicted molar refractivity (Wildman–Crippen MR) is 88.9 cm³/mol. The molecule has 1 fully saturated rings. The summed E-state index contributed by atoms with van der Waals surface area (Å²) in [7, 11) is 1.95. The number of amides is 1. The van der Waals surface area contributed by atoms with Crippen LogP contribution < -0.4 is 0 Å². The Morgan fingerprint density at radius 2 is 1.90 bits per heavy atom. The Kier molecular flexibility index (Phi) is 6.22. The van der Waals surface area contributed by atoms with Gasteiger partial charge in [0.15, 0.2) is 0 Å². The van der Waals surface area contributed by atoms with Crippen LogP contribution >= 0.6 is 11.3 Å². The van der Waals surface area contributed by atoms with Crippen LogP contribution in [0.2, 0.25) is 0 Å². The van der Waals surface area contributed by atoms with E-state index in [0.29, 0.717) is 17.7 Å². The zero-order chi connectivity index (χ0) is 15.2. The van der Waals surface area contributed by atoms with Crippen LogP contribution in [0.4, 0.5) is 0 Å². The first-order valence-corrected chi connectivity index (χ1v) is 9.17. The van der Waals surface area contributed by atoms with Gasteiger partial charge >= 0.3 is 0 Å². The second kappa shape index (κ2) is 7.92. The Balaban J connectivity index is 1.98. The van der Waals surface area contributed by atoms with E-state index in [1.807, 2.05) is 17.3 Å². The van der Waals surface area contributed by atoms with Gasteiger partial charge in [-0.05, 0) is 18.8 Å². The minimum Gasteiger partial charge on any atom is -0.337 e. The van der Waals surface area contributed by atoms with Gasteiger partial charge in [0.05, 0.1) is 5.01 Å². The smallest absolute Gasteiger partial charge is 0.273 e. The molecular formula is C17H28N2OS. The van der Waals surface area contributed by atoms with Gasteiger partial charge in [0.1, 0.15) is 5.69 Å². The number of carbonyl (C=O) groups excluding carboxylic acids is 1. The van der Waals surface area contributed by atoms with Crippen molar-refractivity contribution in [3.63, 3.8) is 0 Å². The fourth-order valence-corrected chi connectivity index (χ4v) is 4.00. The fourth-order valence-electron chi connectivity index (χ4n) is 3.02. The molecule has 4 heteroatoms. The summed E-state index contributed by atoms with van der Waals surface area (Å²) >= 11 is 1.62. The topological polar surface area (TPSA) is 33.2 Å².